The van der Waals surface area contributed by atoms with E-state index in [1.54, 1.807) is 36.3 Å². The van der Waals surface area contributed by atoms with Gasteiger partial charge in [-0.25, -0.2) is 0 Å². The molecule has 0 aliphatic carbocycles. The zero-order chi connectivity index (χ0) is 24.8. The number of anilines is 1. The van der Waals surface area contributed by atoms with Crippen LogP contribution in [0.25, 0.3) is 0 Å². The molecule has 0 radical (unpaired) electrons. The van der Waals surface area contributed by atoms with Crippen molar-refractivity contribution in [1.82, 2.24) is 9.80 Å². The molecule has 1 N–H and O–H groups in total. The summed E-state index contributed by atoms with van der Waals surface area (Å²) < 4.78 is 5.16. The molecule has 1 unspecified atom stereocenters. The number of thiocarbonyl (C=S) groups is 1. The first-order valence-electron chi connectivity index (χ1n) is 11.3. The quantitative estimate of drug-likeness (QED) is 0.417. The summed E-state index contributed by atoms with van der Waals surface area (Å²) in [5, 5.41) is 3.98. The molecule has 3 aromatic rings. The topological polar surface area (TPSA) is 61.9 Å². The number of ether oxygens (including phenoxy) is 1. The highest BCUT2D eigenvalue weighted by Gasteiger charge is 2.43. The molecular weight excluding hydrogens is 482 g/mol. The van der Waals surface area contributed by atoms with Gasteiger partial charge >= 0.3 is 0 Å². The van der Waals surface area contributed by atoms with Crippen LogP contribution >= 0.6 is 23.8 Å². The van der Waals surface area contributed by atoms with Crippen LogP contribution in [0.1, 0.15) is 17.5 Å². The van der Waals surface area contributed by atoms with Crippen LogP contribution in [0.2, 0.25) is 5.02 Å². The molecule has 3 aromatic carbocycles. The van der Waals surface area contributed by atoms with E-state index < -0.39 is 6.04 Å². The lowest BCUT2D eigenvalue weighted by Gasteiger charge is -2.24. The second-order valence-corrected chi connectivity index (χ2v) is 9.06. The lowest BCUT2D eigenvalue weighted by atomic mass is 10.1. The van der Waals surface area contributed by atoms with Crippen molar-refractivity contribution in [2.24, 2.45) is 0 Å². The van der Waals surface area contributed by atoms with Gasteiger partial charge in [-0.2, -0.15) is 0 Å². The molecule has 2 amide bonds. The predicted molar refractivity (Wildman–Crippen MR) is 141 cm³/mol. The van der Waals surface area contributed by atoms with E-state index in [1.807, 2.05) is 59.5 Å². The third-order valence-electron chi connectivity index (χ3n) is 5.89. The summed E-state index contributed by atoms with van der Waals surface area (Å²) in [4.78, 5) is 29.8. The van der Waals surface area contributed by atoms with Crippen molar-refractivity contribution in [2.45, 2.75) is 25.4 Å². The lowest BCUT2D eigenvalue weighted by Crippen LogP contribution is -2.39. The minimum atomic E-state index is -0.670. The summed E-state index contributed by atoms with van der Waals surface area (Å²) in [5.41, 5.74) is 2.69. The van der Waals surface area contributed by atoms with Crippen LogP contribution in [0, 0.1) is 0 Å². The van der Waals surface area contributed by atoms with Gasteiger partial charge in [-0.05, 0) is 66.2 Å². The van der Waals surface area contributed by atoms with Crippen LogP contribution in [-0.2, 0) is 22.6 Å². The van der Waals surface area contributed by atoms with Crippen molar-refractivity contribution < 1.29 is 14.3 Å². The molecule has 1 saturated heterocycles. The Morgan fingerprint density at radius 1 is 1.00 bits per heavy atom. The Kier molecular flexibility index (Phi) is 8.00. The standard InChI is InChI=1S/C27H26ClN3O3S/c1-34-23-13-11-22(12-14-23)29-25(32)17-24-26(33)31(18-20-5-3-2-4-6-20)27(35)30(24)16-15-19-7-9-21(28)10-8-19/h2-14,24H,15-18H2,1H3,(H,29,32). The first-order chi connectivity index (χ1) is 16.9. The van der Waals surface area contributed by atoms with Crippen molar-refractivity contribution in [3.63, 3.8) is 0 Å². The Hall–Kier alpha value is -3.42. The lowest BCUT2D eigenvalue weighted by molar-refractivity contribution is -0.131. The van der Waals surface area contributed by atoms with E-state index in [0.29, 0.717) is 41.1 Å². The van der Waals surface area contributed by atoms with E-state index in [0.717, 1.165) is 11.1 Å². The van der Waals surface area contributed by atoms with E-state index >= 15 is 0 Å². The average Bonchev–Trinajstić information content (AvgIpc) is 3.08. The number of carbonyl (C=O) groups is 2. The van der Waals surface area contributed by atoms with Crippen molar-refractivity contribution in [3.05, 3.63) is 95.0 Å². The zero-order valence-electron chi connectivity index (χ0n) is 19.3. The van der Waals surface area contributed by atoms with Crippen LogP contribution in [0.3, 0.4) is 0 Å². The molecule has 180 valence electrons. The highest BCUT2D eigenvalue weighted by atomic mass is 35.5. The maximum Gasteiger partial charge on any atom is 0.252 e. The van der Waals surface area contributed by atoms with Crippen LogP contribution in [0.5, 0.6) is 5.75 Å². The van der Waals surface area contributed by atoms with Gasteiger partial charge in [-0.3, -0.25) is 14.5 Å². The van der Waals surface area contributed by atoms with Gasteiger partial charge in [-0.15, -0.1) is 0 Å². The third-order valence-corrected chi connectivity index (χ3v) is 6.60. The number of nitrogens with one attached hydrogen (secondary N) is 1. The molecule has 1 atom stereocenters. The number of rotatable bonds is 9. The van der Waals surface area contributed by atoms with Crippen LogP contribution < -0.4 is 10.1 Å². The van der Waals surface area contributed by atoms with E-state index in [-0.39, 0.29) is 18.2 Å². The van der Waals surface area contributed by atoms with Gasteiger partial charge in [0.25, 0.3) is 5.91 Å². The molecular formula is C27H26ClN3O3S. The van der Waals surface area contributed by atoms with Gasteiger partial charge in [0.2, 0.25) is 5.91 Å². The second kappa shape index (κ2) is 11.3. The number of benzene rings is 3. The number of nitrogens with zero attached hydrogens (tertiary/aromatic N) is 2. The molecule has 0 spiro atoms. The van der Waals surface area contributed by atoms with Gasteiger partial charge in [0, 0.05) is 17.3 Å². The number of hydrogen-bond donors (Lipinski definition) is 1. The molecule has 1 aliphatic heterocycles. The monoisotopic (exact) mass is 507 g/mol. The van der Waals surface area contributed by atoms with E-state index in [2.05, 4.69) is 5.32 Å². The smallest absolute Gasteiger partial charge is 0.252 e. The Labute approximate surface area is 215 Å². The fraction of sp³-hybridized carbons (Fsp3) is 0.222. The molecule has 0 saturated carbocycles. The second-order valence-electron chi connectivity index (χ2n) is 8.26. The molecule has 35 heavy (non-hydrogen) atoms. The minimum absolute atomic E-state index is 0.00307. The normalized spacial score (nSPS) is 15.4. The Bertz CT molecular complexity index is 1190. The van der Waals surface area contributed by atoms with Crippen molar-refractivity contribution in [3.8, 4) is 5.75 Å². The molecule has 1 fully saturated rings. The van der Waals surface area contributed by atoms with Gasteiger partial charge in [0.1, 0.15) is 11.8 Å². The molecule has 6 nitrogen and oxygen atoms in total. The number of hydrogen-bond acceptors (Lipinski definition) is 4. The predicted octanol–water partition coefficient (Wildman–Crippen LogP) is 4.92. The summed E-state index contributed by atoms with van der Waals surface area (Å²) in [6.07, 6.45) is 0.664. The summed E-state index contributed by atoms with van der Waals surface area (Å²) in [7, 11) is 1.59. The number of carbonyl (C=O) groups excluding carboxylic acids is 2. The molecule has 8 heteroatoms. The van der Waals surface area contributed by atoms with Gasteiger partial charge in [0.15, 0.2) is 5.11 Å². The van der Waals surface area contributed by atoms with Gasteiger partial charge in [0.05, 0.1) is 20.1 Å². The Balaban J connectivity index is 1.49. The van der Waals surface area contributed by atoms with Gasteiger partial charge < -0.3 is 15.0 Å². The van der Waals surface area contributed by atoms with E-state index in [9.17, 15) is 9.59 Å². The summed E-state index contributed by atoms with van der Waals surface area (Å²) >= 11 is 11.7. The fourth-order valence-electron chi connectivity index (χ4n) is 4.02. The van der Waals surface area contributed by atoms with Gasteiger partial charge in [-0.1, -0.05) is 54.1 Å². The first kappa shape index (κ1) is 24.7. The SMILES string of the molecule is COc1ccc(NC(=O)CC2C(=O)N(Cc3ccccc3)C(=S)N2CCc2ccc(Cl)cc2)cc1. The van der Waals surface area contributed by atoms with Crippen molar-refractivity contribution >= 4 is 46.4 Å². The molecule has 1 aliphatic rings. The zero-order valence-corrected chi connectivity index (χ0v) is 20.9. The molecule has 4 rings (SSSR count). The highest BCUT2D eigenvalue weighted by Crippen LogP contribution is 2.25. The Morgan fingerprint density at radius 3 is 2.34 bits per heavy atom. The van der Waals surface area contributed by atoms with Crippen LogP contribution in [-0.4, -0.2) is 46.4 Å². The molecule has 1 heterocycles. The van der Waals surface area contributed by atoms with E-state index in [4.69, 9.17) is 28.6 Å². The largest absolute Gasteiger partial charge is 0.497 e. The maximum atomic E-state index is 13.4. The summed E-state index contributed by atoms with van der Waals surface area (Å²) in [6, 6.07) is 23.7. The van der Waals surface area contributed by atoms with Crippen molar-refractivity contribution in [2.75, 3.05) is 19.0 Å². The van der Waals surface area contributed by atoms with Crippen LogP contribution in [0.15, 0.2) is 78.9 Å². The third kappa shape index (κ3) is 6.18. The number of amides is 2. The highest BCUT2D eigenvalue weighted by molar-refractivity contribution is 7.80. The number of halogens is 1. The summed E-state index contributed by atoms with van der Waals surface area (Å²) in [6.45, 7) is 0.879. The van der Waals surface area contributed by atoms with Crippen LogP contribution in [0.4, 0.5) is 5.69 Å². The van der Waals surface area contributed by atoms with E-state index in [1.165, 1.54) is 0 Å². The fourth-order valence-corrected chi connectivity index (χ4v) is 4.52. The first-order valence-corrected chi connectivity index (χ1v) is 12.1. The number of methoxy groups -OCH3 is 1. The van der Waals surface area contributed by atoms with Crippen molar-refractivity contribution in [1.29, 1.82) is 0 Å². The minimum Gasteiger partial charge on any atom is -0.497 e. The molecule has 0 aromatic heterocycles. The average molecular weight is 508 g/mol. The molecule has 0 bridgehead atoms. The maximum absolute atomic E-state index is 13.4. The Morgan fingerprint density at radius 2 is 1.69 bits per heavy atom. The summed E-state index contributed by atoms with van der Waals surface area (Å²) in [5.74, 6) is 0.276.